The van der Waals surface area contributed by atoms with Crippen LogP contribution in [0.25, 0.3) is 0 Å². The van der Waals surface area contributed by atoms with Crippen molar-refractivity contribution in [1.82, 2.24) is 0 Å². The molecule has 0 aromatic heterocycles. The summed E-state index contributed by atoms with van der Waals surface area (Å²) in [7, 11) is 0. The summed E-state index contributed by atoms with van der Waals surface area (Å²) in [5.74, 6) is 0. The maximum Gasteiger partial charge on any atom is 0.0410 e. The lowest BCUT2D eigenvalue weighted by Crippen LogP contribution is -2.06. The Balaban J connectivity index is 2.79. The number of hydrogen-bond donors (Lipinski definition) is 2. The molecule has 3 N–H and O–H groups in total. The van der Waals surface area contributed by atoms with Crippen LogP contribution in [0.1, 0.15) is 18.9 Å². The average molecular weight is 199 g/mol. The zero-order valence-corrected chi connectivity index (χ0v) is 8.56. The molecule has 0 amide bonds. The van der Waals surface area contributed by atoms with Crippen LogP contribution in [0.3, 0.4) is 0 Å². The lowest BCUT2D eigenvalue weighted by Gasteiger charge is -2.09. The third kappa shape index (κ3) is 2.90. The van der Waals surface area contributed by atoms with E-state index in [0.717, 1.165) is 29.2 Å². The van der Waals surface area contributed by atoms with Crippen molar-refractivity contribution < 1.29 is 0 Å². The summed E-state index contributed by atoms with van der Waals surface area (Å²) in [6.45, 7) is 3.62. The summed E-state index contributed by atoms with van der Waals surface area (Å²) in [4.78, 5) is 0. The molecule has 3 heteroatoms. The molecule has 1 aromatic rings. The van der Waals surface area contributed by atoms with Gasteiger partial charge in [-0.25, -0.2) is 0 Å². The van der Waals surface area contributed by atoms with Crippen LogP contribution in [-0.4, -0.2) is 6.54 Å². The van der Waals surface area contributed by atoms with Gasteiger partial charge in [0.15, 0.2) is 0 Å². The molecule has 72 valence electrons. The Morgan fingerprint density at radius 2 is 2.23 bits per heavy atom. The second-order valence-electron chi connectivity index (χ2n) is 2.93. The monoisotopic (exact) mass is 198 g/mol. The highest BCUT2D eigenvalue weighted by atomic mass is 35.5. The number of benzene rings is 1. The van der Waals surface area contributed by atoms with Crippen LogP contribution in [-0.2, 0) is 6.54 Å². The standard InChI is InChI=1S/C10H15ClN2/c1-2-5-13-10-4-3-9(11)6-8(10)7-12/h3-4,6,13H,2,5,7,12H2,1H3. The van der Waals surface area contributed by atoms with Crippen LogP contribution in [0.15, 0.2) is 18.2 Å². The van der Waals surface area contributed by atoms with Gasteiger partial charge in [-0.3, -0.25) is 0 Å². The third-order valence-electron chi connectivity index (χ3n) is 1.85. The van der Waals surface area contributed by atoms with Crippen molar-refractivity contribution in [2.45, 2.75) is 19.9 Å². The topological polar surface area (TPSA) is 38.0 Å². The molecular formula is C10H15ClN2. The highest BCUT2D eigenvalue weighted by Crippen LogP contribution is 2.19. The zero-order chi connectivity index (χ0) is 9.68. The minimum absolute atomic E-state index is 0.520. The van der Waals surface area contributed by atoms with Gasteiger partial charge in [-0.2, -0.15) is 0 Å². The minimum atomic E-state index is 0.520. The Hall–Kier alpha value is -0.730. The van der Waals surface area contributed by atoms with Crippen molar-refractivity contribution in [1.29, 1.82) is 0 Å². The number of anilines is 1. The van der Waals surface area contributed by atoms with E-state index in [1.807, 2.05) is 18.2 Å². The molecule has 0 saturated heterocycles. The molecule has 1 aromatic carbocycles. The van der Waals surface area contributed by atoms with Gasteiger partial charge in [0, 0.05) is 23.8 Å². The molecule has 0 atom stereocenters. The highest BCUT2D eigenvalue weighted by Gasteiger charge is 1.99. The molecule has 0 aliphatic heterocycles. The SMILES string of the molecule is CCCNc1ccc(Cl)cc1CN. The van der Waals surface area contributed by atoms with Crippen molar-refractivity contribution >= 4 is 17.3 Å². The first-order valence-corrected chi connectivity index (χ1v) is 4.88. The second-order valence-corrected chi connectivity index (χ2v) is 3.37. The molecule has 0 unspecified atom stereocenters. The smallest absolute Gasteiger partial charge is 0.0410 e. The fourth-order valence-corrected chi connectivity index (χ4v) is 1.36. The number of nitrogens with two attached hydrogens (primary N) is 1. The minimum Gasteiger partial charge on any atom is -0.385 e. The first-order valence-electron chi connectivity index (χ1n) is 4.50. The first kappa shape index (κ1) is 10.4. The fraction of sp³-hybridized carbons (Fsp3) is 0.400. The Bertz CT molecular complexity index is 274. The normalized spacial score (nSPS) is 10.1. The Morgan fingerprint density at radius 3 is 2.85 bits per heavy atom. The summed E-state index contributed by atoms with van der Waals surface area (Å²) in [5.41, 5.74) is 7.75. The molecule has 0 aliphatic carbocycles. The molecule has 0 spiro atoms. The molecule has 1 rings (SSSR count). The van der Waals surface area contributed by atoms with Gasteiger partial charge < -0.3 is 11.1 Å². The van der Waals surface area contributed by atoms with E-state index in [1.54, 1.807) is 0 Å². The van der Waals surface area contributed by atoms with Crippen LogP contribution in [0.2, 0.25) is 5.02 Å². The van der Waals surface area contributed by atoms with E-state index in [2.05, 4.69) is 12.2 Å². The predicted molar refractivity (Wildman–Crippen MR) is 58.1 cm³/mol. The van der Waals surface area contributed by atoms with Crippen LogP contribution < -0.4 is 11.1 Å². The van der Waals surface area contributed by atoms with Gasteiger partial charge >= 0.3 is 0 Å². The van der Waals surface area contributed by atoms with Gasteiger partial charge in [-0.05, 0) is 30.2 Å². The zero-order valence-electron chi connectivity index (χ0n) is 7.81. The number of hydrogen-bond acceptors (Lipinski definition) is 2. The summed E-state index contributed by atoms with van der Waals surface area (Å²) in [5, 5.41) is 4.04. The van der Waals surface area contributed by atoms with Gasteiger partial charge in [0.2, 0.25) is 0 Å². The number of nitrogens with one attached hydrogen (secondary N) is 1. The van der Waals surface area contributed by atoms with E-state index >= 15 is 0 Å². The van der Waals surface area contributed by atoms with Crippen molar-refractivity contribution in [3.63, 3.8) is 0 Å². The van der Waals surface area contributed by atoms with Gasteiger partial charge in [0.1, 0.15) is 0 Å². The molecule has 0 saturated carbocycles. The molecular weight excluding hydrogens is 184 g/mol. The summed E-state index contributed by atoms with van der Waals surface area (Å²) < 4.78 is 0. The number of halogens is 1. The average Bonchev–Trinajstić information content (AvgIpc) is 2.16. The second kappa shape index (κ2) is 5.10. The number of rotatable bonds is 4. The van der Waals surface area contributed by atoms with E-state index in [4.69, 9.17) is 17.3 Å². The van der Waals surface area contributed by atoms with Crippen molar-refractivity contribution in [3.8, 4) is 0 Å². The summed E-state index contributed by atoms with van der Waals surface area (Å²) >= 11 is 5.85. The van der Waals surface area contributed by atoms with Crippen LogP contribution in [0.5, 0.6) is 0 Å². The molecule has 0 heterocycles. The van der Waals surface area contributed by atoms with E-state index in [1.165, 1.54) is 0 Å². The van der Waals surface area contributed by atoms with E-state index in [-0.39, 0.29) is 0 Å². The summed E-state index contributed by atoms with van der Waals surface area (Å²) in [6, 6.07) is 5.75. The van der Waals surface area contributed by atoms with Crippen LogP contribution in [0.4, 0.5) is 5.69 Å². The van der Waals surface area contributed by atoms with E-state index in [9.17, 15) is 0 Å². The van der Waals surface area contributed by atoms with Gasteiger partial charge in [0.25, 0.3) is 0 Å². The lowest BCUT2D eigenvalue weighted by molar-refractivity contribution is 0.968. The first-order chi connectivity index (χ1) is 6.27. The van der Waals surface area contributed by atoms with E-state index in [0.29, 0.717) is 6.54 Å². The maximum absolute atomic E-state index is 5.85. The molecule has 0 radical (unpaired) electrons. The lowest BCUT2D eigenvalue weighted by atomic mass is 10.2. The largest absolute Gasteiger partial charge is 0.385 e. The molecule has 0 fully saturated rings. The molecule has 2 nitrogen and oxygen atoms in total. The molecule has 13 heavy (non-hydrogen) atoms. The van der Waals surface area contributed by atoms with Crippen molar-refractivity contribution in [3.05, 3.63) is 28.8 Å². The van der Waals surface area contributed by atoms with Crippen LogP contribution >= 0.6 is 11.6 Å². The van der Waals surface area contributed by atoms with Crippen molar-refractivity contribution in [2.24, 2.45) is 5.73 Å². The van der Waals surface area contributed by atoms with Gasteiger partial charge in [0.05, 0.1) is 0 Å². The Labute approximate surface area is 84.1 Å². The fourth-order valence-electron chi connectivity index (χ4n) is 1.16. The highest BCUT2D eigenvalue weighted by molar-refractivity contribution is 6.30. The summed E-state index contributed by atoms with van der Waals surface area (Å²) in [6.07, 6.45) is 1.10. The van der Waals surface area contributed by atoms with Gasteiger partial charge in [-0.1, -0.05) is 18.5 Å². The van der Waals surface area contributed by atoms with E-state index < -0.39 is 0 Å². The predicted octanol–water partition coefficient (Wildman–Crippen LogP) is 2.62. The van der Waals surface area contributed by atoms with Crippen molar-refractivity contribution in [2.75, 3.05) is 11.9 Å². The third-order valence-corrected chi connectivity index (χ3v) is 2.09. The molecule has 0 bridgehead atoms. The Morgan fingerprint density at radius 1 is 1.46 bits per heavy atom. The Kier molecular flexibility index (Phi) is 4.06. The molecule has 0 aliphatic rings. The van der Waals surface area contributed by atoms with Gasteiger partial charge in [-0.15, -0.1) is 0 Å². The van der Waals surface area contributed by atoms with Crippen LogP contribution in [0, 0.1) is 0 Å². The quantitative estimate of drug-likeness (QED) is 0.781. The maximum atomic E-state index is 5.85.